The zero-order chi connectivity index (χ0) is 14.8. The molecule has 6 nitrogen and oxygen atoms in total. The van der Waals surface area contributed by atoms with Gasteiger partial charge in [-0.1, -0.05) is 25.7 Å². The van der Waals surface area contributed by atoms with Crippen molar-refractivity contribution >= 4 is 11.9 Å². The molecule has 1 atom stereocenters. The molecule has 21 heavy (non-hydrogen) atoms. The zero-order valence-corrected chi connectivity index (χ0v) is 12.0. The first kappa shape index (κ1) is 14.1. The van der Waals surface area contributed by atoms with Crippen molar-refractivity contribution in [3.05, 3.63) is 18.0 Å². The second kappa shape index (κ2) is 5.87. The summed E-state index contributed by atoms with van der Waals surface area (Å²) in [5.41, 5.74) is 0.476. The second-order valence-corrected chi connectivity index (χ2v) is 6.14. The summed E-state index contributed by atoms with van der Waals surface area (Å²) < 4.78 is 1.76. The number of aliphatic carboxylic acids is 1. The molecule has 2 saturated carbocycles. The topological polar surface area (TPSA) is 84.2 Å². The van der Waals surface area contributed by atoms with Crippen LogP contribution in [0.3, 0.4) is 0 Å². The lowest BCUT2D eigenvalue weighted by Crippen LogP contribution is -2.42. The lowest BCUT2D eigenvalue weighted by Gasteiger charge is -2.17. The van der Waals surface area contributed by atoms with Gasteiger partial charge in [-0.05, 0) is 31.2 Å². The Hall–Kier alpha value is -1.85. The van der Waals surface area contributed by atoms with Crippen LogP contribution in [0.4, 0.5) is 0 Å². The van der Waals surface area contributed by atoms with E-state index in [1.807, 2.05) is 0 Å². The minimum atomic E-state index is -0.956. The van der Waals surface area contributed by atoms with Crippen LogP contribution in [0.15, 0.2) is 12.3 Å². The average Bonchev–Trinajstić information content (AvgIpc) is 2.96. The summed E-state index contributed by atoms with van der Waals surface area (Å²) in [5, 5.41) is 16.1. The van der Waals surface area contributed by atoms with E-state index in [1.165, 1.54) is 0 Å². The molecule has 114 valence electrons. The van der Waals surface area contributed by atoms with Crippen molar-refractivity contribution < 1.29 is 14.7 Å². The maximum Gasteiger partial charge on any atom is 0.326 e. The van der Waals surface area contributed by atoms with Gasteiger partial charge in [-0.3, -0.25) is 9.48 Å². The fraction of sp³-hybridized carbons (Fsp3) is 0.667. The summed E-state index contributed by atoms with van der Waals surface area (Å²) in [6.07, 6.45) is 8.66. The summed E-state index contributed by atoms with van der Waals surface area (Å²) in [4.78, 5) is 23.6. The lowest BCUT2D eigenvalue weighted by atomic mass is 10.1. The second-order valence-electron chi connectivity index (χ2n) is 6.14. The van der Waals surface area contributed by atoms with Crippen LogP contribution in [-0.2, 0) is 4.79 Å². The average molecular weight is 291 g/mol. The molecule has 0 radical (unpaired) electrons. The Morgan fingerprint density at radius 3 is 2.67 bits per heavy atom. The molecular weight excluding hydrogens is 270 g/mol. The van der Waals surface area contributed by atoms with Crippen LogP contribution in [0, 0.1) is 5.92 Å². The van der Waals surface area contributed by atoms with Crippen LogP contribution in [0.2, 0.25) is 0 Å². The van der Waals surface area contributed by atoms with E-state index in [2.05, 4.69) is 10.4 Å². The van der Waals surface area contributed by atoms with Gasteiger partial charge in [0.15, 0.2) is 0 Å². The number of carboxylic acid groups (broad SMARTS) is 1. The van der Waals surface area contributed by atoms with E-state index in [4.69, 9.17) is 0 Å². The van der Waals surface area contributed by atoms with Crippen molar-refractivity contribution in [2.45, 2.75) is 57.0 Å². The molecule has 0 saturated heterocycles. The van der Waals surface area contributed by atoms with Gasteiger partial charge in [-0.25, -0.2) is 4.79 Å². The highest BCUT2D eigenvalue weighted by molar-refractivity contribution is 5.95. The third-order valence-electron chi connectivity index (χ3n) is 4.44. The molecule has 1 unspecified atom stereocenters. The summed E-state index contributed by atoms with van der Waals surface area (Å²) in [5.74, 6) is -0.833. The SMILES string of the molecule is O=C(NC(CC1CC1)C(=O)O)c1ccnn1C1CCCC1. The molecule has 3 rings (SSSR count). The number of rotatable bonds is 6. The van der Waals surface area contributed by atoms with Gasteiger partial charge in [-0.2, -0.15) is 5.10 Å². The van der Waals surface area contributed by atoms with Crippen LogP contribution in [0.25, 0.3) is 0 Å². The number of nitrogens with one attached hydrogen (secondary N) is 1. The van der Waals surface area contributed by atoms with Crippen LogP contribution >= 0.6 is 0 Å². The molecule has 2 aliphatic rings. The van der Waals surface area contributed by atoms with Crippen molar-refractivity contribution in [1.82, 2.24) is 15.1 Å². The standard InChI is InChI=1S/C15H21N3O3/c19-14(17-12(15(20)21)9-10-5-6-10)13-7-8-16-18(13)11-3-1-2-4-11/h7-8,10-12H,1-6,9H2,(H,17,19)(H,20,21). The van der Waals surface area contributed by atoms with E-state index >= 15 is 0 Å². The Morgan fingerprint density at radius 1 is 1.33 bits per heavy atom. The molecule has 1 heterocycles. The molecule has 6 heteroatoms. The van der Waals surface area contributed by atoms with Crippen molar-refractivity contribution in [2.75, 3.05) is 0 Å². The Morgan fingerprint density at radius 2 is 2.05 bits per heavy atom. The number of amides is 1. The highest BCUT2D eigenvalue weighted by Crippen LogP contribution is 2.34. The highest BCUT2D eigenvalue weighted by Gasteiger charge is 2.31. The fourth-order valence-corrected chi connectivity index (χ4v) is 3.07. The van der Waals surface area contributed by atoms with Gasteiger partial charge < -0.3 is 10.4 Å². The smallest absolute Gasteiger partial charge is 0.326 e. The Labute approximate surface area is 123 Å². The molecule has 2 aliphatic carbocycles. The van der Waals surface area contributed by atoms with Crippen LogP contribution in [-0.4, -0.2) is 32.8 Å². The predicted octanol–water partition coefficient (Wildman–Crippen LogP) is 1.98. The number of aromatic nitrogens is 2. The summed E-state index contributed by atoms with van der Waals surface area (Å²) in [7, 11) is 0. The molecule has 1 aromatic rings. The first-order valence-corrected chi connectivity index (χ1v) is 7.72. The normalized spacial score (nSPS) is 20.4. The van der Waals surface area contributed by atoms with Crippen LogP contribution in [0.1, 0.15) is 61.5 Å². The van der Waals surface area contributed by atoms with Crippen molar-refractivity contribution in [2.24, 2.45) is 5.92 Å². The number of carboxylic acids is 1. The summed E-state index contributed by atoms with van der Waals surface area (Å²) in [6.45, 7) is 0. The number of carbonyl (C=O) groups excluding carboxylic acids is 1. The highest BCUT2D eigenvalue weighted by atomic mass is 16.4. The van der Waals surface area contributed by atoms with Gasteiger partial charge in [0.1, 0.15) is 11.7 Å². The Balaban J connectivity index is 1.69. The first-order chi connectivity index (χ1) is 10.1. The minimum Gasteiger partial charge on any atom is -0.480 e. The fourth-order valence-electron chi connectivity index (χ4n) is 3.07. The molecular formula is C15H21N3O3. The number of hydrogen-bond acceptors (Lipinski definition) is 3. The third kappa shape index (κ3) is 3.25. The Kier molecular flexibility index (Phi) is 3.94. The number of hydrogen-bond donors (Lipinski definition) is 2. The number of nitrogens with zero attached hydrogens (tertiary/aromatic N) is 2. The largest absolute Gasteiger partial charge is 0.480 e. The third-order valence-corrected chi connectivity index (χ3v) is 4.44. The van der Waals surface area contributed by atoms with E-state index in [-0.39, 0.29) is 11.9 Å². The van der Waals surface area contributed by atoms with E-state index in [0.717, 1.165) is 38.5 Å². The van der Waals surface area contributed by atoms with Crippen molar-refractivity contribution in [3.8, 4) is 0 Å². The van der Waals surface area contributed by atoms with E-state index in [0.29, 0.717) is 18.0 Å². The van der Waals surface area contributed by atoms with E-state index in [1.54, 1.807) is 16.9 Å². The molecule has 0 aromatic carbocycles. The maximum absolute atomic E-state index is 12.4. The van der Waals surface area contributed by atoms with Crippen molar-refractivity contribution in [1.29, 1.82) is 0 Å². The van der Waals surface area contributed by atoms with Gasteiger partial charge in [0.05, 0.1) is 6.04 Å². The molecule has 2 N–H and O–H groups in total. The summed E-state index contributed by atoms with van der Waals surface area (Å²) in [6, 6.07) is 1.15. The quantitative estimate of drug-likeness (QED) is 0.839. The number of carbonyl (C=O) groups is 2. The molecule has 1 aromatic heterocycles. The lowest BCUT2D eigenvalue weighted by molar-refractivity contribution is -0.139. The van der Waals surface area contributed by atoms with E-state index in [9.17, 15) is 14.7 Å². The van der Waals surface area contributed by atoms with Crippen LogP contribution < -0.4 is 5.32 Å². The Bertz CT molecular complexity index is 530. The van der Waals surface area contributed by atoms with Gasteiger partial charge in [0.25, 0.3) is 5.91 Å². The minimum absolute atomic E-state index is 0.271. The monoisotopic (exact) mass is 291 g/mol. The zero-order valence-electron chi connectivity index (χ0n) is 12.0. The molecule has 1 amide bonds. The van der Waals surface area contributed by atoms with Crippen LogP contribution in [0.5, 0.6) is 0 Å². The predicted molar refractivity (Wildman–Crippen MR) is 76.0 cm³/mol. The molecule has 2 fully saturated rings. The van der Waals surface area contributed by atoms with Gasteiger partial charge in [-0.15, -0.1) is 0 Å². The van der Waals surface area contributed by atoms with Gasteiger partial charge >= 0.3 is 5.97 Å². The molecule has 0 spiro atoms. The van der Waals surface area contributed by atoms with Gasteiger partial charge in [0.2, 0.25) is 0 Å². The van der Waals surface area contributed by atoms with Gasteiger partial charge in [0, 0.05) is 6.20 Å². The maximum atomic E-state index is 12.4. The van der Waals surface area contributed by atoms with Crippen molar-refractivity contribution in [3.63, 3.8) is 0 Å². The molecule has 0 aliphatic heterocycles. The first-order valence-electron chi connectivity index (χ1n) is 7.72. The van der Waals surface area contributed by atoms with E-state index < -0.39 is 12.0 Å². The summed E-state index contributed by atoms with van der Waals surface area (Å²) >= 11 is 0. The molecule has 0 bridgehead atoms.